The van der Waals surface area contributed by atoms with Crippen molar-refractivity contribution in [2.24, 2.45) is 0 Å². The Morgan fingerprint density at radius 2 is 1.75 bits per heavy atom. The molecule has 0 saturated carbocycles. The number of benzene rings is 2. The first-order valence-electron chi connectivity index (χ1n) is 11.2. The molecule has 36 heavy (non-hydrogen) atoms. The van der Waals surface area contributed by atoms with Gasteiger partial charge in [0.05, 0.1) is 6.04 Å². The smallest absolute Gasteiger partial charge is 0.278 e. The monoisotopic (exact) mass is 498 g/mol. The van der Waals surface area contributed by atoms with Gasteiger partial charge in [0, 0.05) is 36.5 Å². The second-order valence-corrected chi connectivity index (χ2v) is 8.63. The normalized spacial score (nSPS) is 18.1. The van der Waals surface area contributed by atoms with E-state index >= 15 is 0 Å². The van der Waals surface area contributed by atoms with Crippen LogP contribution < -0.4 is 15.8 Å². The molecule has 8 nitrogen and oxygen atoms in total. The lowest BCUT2D eigenvalue weighted by molar-refractivity contribution is 0.0580. The summed E-state index contributed by atoms with van der Waals surface area (Å²) < 4.78 is 42.4. The summed E-state index contributed by atoms with van der Waals surface area (Å²) in [4.78, 5) is 40.6. The Bertz CT molecular complexity index is 1490. The third-order valence-electron chi connectivity index (χ3n) is 6.64. The fourth-order valence-corrected chi connectivity index (χ4v) is 4.89. The van der Waals surface area contributed by atoms with Crippen LogP contribution in [0.15, 0.2) is 47.4 Å². The van der Waals surface area contributed by atoms with Crippen LogP contribution in [0, 0.1) is 17.5 Å². The van der Waals surface area contributed by atoms with Crippen molar-refractivity contribution in [3.63, 3.8) is 0 Å². The van der Waals surface area contributed by atoms with E-state index in [1.54, 1.807) is 24.9 Å². The van der Waals surface area contributed by atoms with Gasteiger partial charge in [0.2, 0.25) is 5.43 Å². The molecule has 0 radical (unpaired) electrons. The minimum Gasteiger partial charge on any atom is -0.502 e. The predicted molar refractivity (Wildman–Crippen MR) is 122 cm³/mol. The van der Waals surface area contributed by atoms with E-state index in [9.17, 15) is 32.7 Å². The lowest BCUT2D eigenvalue weighted by atomic mass is 10.0. The molecule has 2 aliphatic rings. The second kappa shape index (κ2) is 8.43. The molecule has 0 unspecified atom stereocenters. The minimum absolute atomic E-state index is 0.00787. The van der Waals surface area contributed by atoms with Crippen molar-refractivity contribution in [2.45, 2.75) is 32.6 Å². The highest BCUT2D eigenvalue weighted by atomic mass is 19.1. The van der Waals surface area contributed by atoms with Gasteiger partial charge in [-0.25, -0.2) is 13.2 Å². The summed E-state index contributed by atoms with van der Waals surface area (Å²) in [5.41, 5.74) is -0.581. The van der Waals surface area contributed by atoms with Crippen LogP contribution in [0.25, 0.3) is 0 Å². The zero-order valence-electron chi connectivity index (χ0n) is 19.3. The van der Waals surface area contributed by atoms with Crippen LogP contribution in [-0.4, -0.2) is 33.0 Å². The van der Waals surface area contributed by atoms with Gasteiger partial charge in [-0.3, -0.25) is 24.1 Å². The number of hydrogen-bond donors (Lipinski definition) is 2. The molecule has 2 N–H and O–H groups in total. The highest BCUT2D eigenvalue weighted by molar-refractivity contribution is 5.99. The summed E-state index contributed by atoms with van der Waals surface area (Å²) in [6.45, 7) is 3.41. The average molecular weight is 498 g/mol. The van der Waals surface area contributed by atoms with Gasteiger partial charge >= 0.3 is 0 Å². The number of aromatic nitrogens is 1. The molecule has 11 heteroatoms. The first-order valence-corrected chi connectivity index (χ1v) is 11.2. The summed E-state index contributed by atoms with van der Waals surface area (Å²) in [6.07, 6.45) is 0.483. The van der Waals surface area contributed by atoms with Gasteiger partial charge in [0.15, 0.2) is 11.4 Å². The lowest BCUT2D eigenvalue weighted by Crippen LogP contribution is -2.54. The number of fused-ring (bicyclic) bond motifs is 5. The van der Waals surface area contributed by atoms with E-state index in [-0.39, 0.29) is 24.3 Å². The number of carbonyl (C=O) groups excluding carboxylic acids is 2. The van der Waals surface area contributed by atoms with E-state index in [2.05, 4.69) is 5.32 Å². The summed E-state index contributed by atoms with van der Waals surface area (Å²) in [6, 6.07) is 6.62. The van der Waals surface area contributed by atoms with Crippen molar-refractivity contribution in [3.05, 3.63) is 98.2 Å². The van der Waals surface area contributed by atoms with Gasteiger partial charge in [0.1, 0.15) is 29.2 Å². The molecule has 0 bridgehead atoms. The van der Waals surface area contributed by atoms with Crippen LogP contribution in [0.5, 0.6) is 5.75 Å². The predicted octanol–water partition coefficient (Wildman–Crippen LogP) is 3.09. The third-order valence-corrected chi connectivity index (χ3v) is 6.64. The standard InChI is InChI=1S/C25H21F3N4O4/c1-3-30-24-16-7-6-14(26)8-17(16)12(2)32(24)31-11-18(21(33)22(34)20(31)25(30)36)23(35)29-10-13-4-5-15(27)9-19(13)28/h4-9,11-12,24,34H,3,10H2,1-2H3,(H,29,35)/t12-,24+/m1/s1. The van der Waals surface area contributed by atoms with Crippen LogP contribution in [0.2, 0.25) is 0 Å². The maximum atomic E-state index is 14.0. The minimum atomic E-state index is -1.07. The molecule has 3 heterocycles. The van der Waals surface area contributed by atoms with E-state index in [0.29, 0.717) is 17.2 Å². The highest BCUT2D eigenvalue weighted by Gasteiger charge is 2.47. The van der Waals surface area contributed by atoms with E-state index < -0.39 is 58.2 Å². The topological polar surface area (TPSA) is 94.9 Å². The van der Waals surface area contributed by atoms with E-state index in [1.807, 2.05) is 0 Å². The van der Waals surface area contributed by atoms with Crippen LogP contribution >= 0.6 is 0 Å². The van der Waals surface area contributed by atoms with Crippen molar-refractivity contribution >= 4 is 11.8 Å². The number of amides is 2. The molecule has 0 fully saturated rings. The summed E-state index contributed by atoms with van der Waals surface area (Å²) in [5, 5.41) is 14.8. The quantitative estimate of drug-likeness (QED) is 0.577. The van der Waals surface area contributed by atoms with Gasteiger partial charge in [-0.05, 0) is 37.6 Å². The number of rotatable bonds is 4. The molecule has 1 aromatic heterocycles. The SMILES string of the molecule is CCN1C(=O)c2c(O)c(=O)c(C(=O)NCc3ccc(F)cc3F)cn2N2[C@H](C)c3cc(F)ccc3[C@@H]12. The van der Waals surface area contributed by atoms with Crippen molar-refractivity contribution in [2.75, 3.05) is 11.6 Å². The maximum absolute atomic E-state index is 14.0. The number of aromatic hydroxyl groups is 1. The third kappa shape index (κ3) is 3.42. The van der Waals surface area contributed by atoms with Crippen molar-refractivity contribution in [1.82, 2.24) is 14.9 Å². The molecule has 2 aromatic carbocycles. The number of halogens is 3. The van der Waals surface area contributed by atoms with E-state index in [4.69, 9.17) is 0 Å². The largest absolute Gasteiger partial charge is 0.502 e. The van der Waals surface area contributed by atoms with Crippen LogP contribution in [0.1, 0.15) is 63.6 Å². The average Bonchev–Trinajstić information content (AvgIpc) is 3.12. The van der Waals surface area contributed by atoms with Gasteiger partial charge < -0.3 is 15.3 Å². The molecule has 2 atom stereocenters. The lowest BCUT2D eigenvalue weighted by Gasteiger charge is -2.44. The number of nitrogens with zero attached hydrogens (tertiary/aromatic N) is 3. The molecule has 2 aliphatic heterocycles. The first-order chi connectivity index (χ1) is 17.1. The van der Waals surface area contributed by atoms with Gasteiger partial charge in [-0.15, -0.1) is 0 Å². The Labute approximate surface area is 203 Å². The fraction of sp³-hybridized carbons (Fsp3) is 0.240. The Hall–Kier alpha value is -4.28. The molecule has 186 valence electrons. The van der Waals surface area contributed by atoms with Gasteiger partial charge in [-0.1, -0.05) is 12.1 Å². The molecular formula is C25H21F3N4O4. The molecule has 0 saturated heterocycles. The Morgan fingerprint density at radius 1 is 1.06 bits per heavy atom. The summed E-state index contributed by atoms with van der Waals surface area (Å²) >= 11 is 0. The van der Waals surface area contributed by atoms with Crippen molar-refractivity contribution in [3.8, 4) is 5.75 Å². The zero-order valence-corrected chi connectivity index (χ0v) is 19.3. The van der Waals surface area contributed by atoms with Crippen LogP contribution in [0.4, 0.5) is 13.2 Å². The van der Waals surface area contributed by atoms with Gasteiger partial charge in [0.25, 0.3) is 11.8 Å². The molecule has 5 rings (SSSR count). The Morgan fingerprint density at radius 3 is 2.44 bits per heavy atom. The Balaban J connectivity index is 1.58. The van der Waals surface area contributed by atoms with Gasteiger partial charge in [-0.2, -0.15) is 0 Å². The highest BCUT2D eigenvalue weighted by Crippen LogP contribution is 2.46. The van der Waals surface area contributed by atoms with E-state index in [0.717, 1.165) is 18.3 Å². The fourth-order valence-electron chi connectivity index (χ4n) is 4.89. The first kappa shape index (κ1) is 23.5. The van der Waals surface area contributed by atoms with Crippen molar-refractivity contribution < 1.29 is 27.9 Å². The zero-order chi connectivity index (χ0) is 25.9. The van der Waals surface area contributed by atoms with Crippen LogP contribution in [0.3, 0.4) is 0 Å². The van der Waals surface area contributed by atoms with Crippen LogP contribution in [-0.2, 0) is 6.54 Å². The number of carbonyl (C=O) groups is 2. The number of nitrogens with one attached hydrogen (secondary N) is 1. The molecule has 0 aliphatic carbocycles. The Kier molecular flexibility index (Phi) is 5.50. The number of pyridine rings is 1. The summed E-state index contributed by atoms with van der Waals surface area (Å²) in [5.74, 6) is -4.56. The molecule has 2 amide bonds. The van der Waals surface area contributed by atoms with E-state index in [1.165, 1.54) is 21.7 Å². The molecular weight excluding hydrogens is 477 g/mol. The molecule has 3 aromatic rings. The summed E-state index contributed by atoms with van der Waals surface area (Å²) in [7, 11) is 0. The van der Waals surface area contributed by atoms with Crippen molar-refractivity contribution in [1.29, 1.82) is 0 Å². The molecule has 0 spiro atoms. The maximum Gasteiger partial charge on any atom is 0.278 e. The second-order valence-electron chi connectivity index (χ2n) is 8.63. The number of hydrogen-bond acceptors (Lipinski definition) is 5.